The summed E-state index contributed by atoms with van der Waals surface area (Å²) in [5, 5.41) is 12.2. The minimum atomic E-state index is -0.585. The van der Waals surface area contributed by atoms with Crippen LogP contribution in [0.3, 0.4) is 0 Å². The molecule has 0 fully saturated rings. The van der Waals surface area contributed by atoms with E-state index in [1.54, 1.807) is 0 Å². The summed E-state index contributed by atoms with van der Waals surface area (Å²) in [6.45, 7) is 3.70. The fraction of sp³-hybridized carbons (Fsp3) is 0.353. The van der Waals surface area contributed by atoms with E-state index in [-0.39, 0.29) is 21.2 Å². The van der Waals surface area contributed by atoms with Crippen LogP contribution in [0.5, 0.6) is 0 Å². The van der Waals surface area contributed by atoms with Crippen LogP contribution in [0, 0.1) is 0 Å². The number of carbonyl (C=O) groups is 3. The van der Waals surface area contributed by atoms with Crippen molar-refractivity contribution in [2.75, 3.05) is 11.9 Å². The van der Waals surface area contributed by atoms with E-state index in [9.17, 15) is 14.4 Å². The van der Waals surface area contributed by atoms with Crippen LogP contribution in [0.25, 0.3) is 0 Å². The van der Waals surface area contributed by atoms with E-state index in [1.165, 1.54) is 23.5 Å². The smallest absolute Gasteiger partial charge is 0.262 e. The molecule has 0 saturated heterocycles. The third-order valence-corrected chi connectivity index (χ3v) is 6.06. The van der Waals surface area contributed by atoms with E-state index in [2.05, 4.69) is 29.4 Å². The molecule has 3 rings (SSSR count). The zero-order valence-electron chi connectivity index (χ0n) is 14.6. The van der Waals surface area contributed by atoms with Gasteiger partial charge in [-0.15, -0.1) is 10.2 Å². The number of rotatable bonds is 6. The summed E-state index contributed by atoms with van der Waals surface area (Å²) in [4.78, 5) is 38.0. The zero-order chi connectivity index (χ0) is 19.7. The SMILES string of the molecule is CCC(CC)c1nnc(NC(=O)CN2C(=O)c3cc(Cl)c(Cl)cc3C2=O)s1. The molecule has 0 aliphatic carbocycles. The number of imide groups is 1. The summed E-state index contributed by atoms with van der Waals surface area (Å²) in [5.74, 6) is -1.41. The van der Waals surface area contributed by atoms with Crippen LogP contribution >= 0.6 is 34.5 Å². The van der Waals surface area contributed by atoms with Gasteiger partial charge in [0.2, 0.25) is 11.0 Å². The highest BCUT2D eigenvalue weighted by atomic mass is 35.5. The molecule has 1 N–H and O–H groups in total. The van der Waals surface area contributed by atoms with Gasteiger partial charge in [0, 0.05) is 5.92 Å². The minimum Gasteiger partial charge on any atom is -0.299 e. The molecule has 0 spiro atoms. The number of nitrogens with one attached hydrogen (secondary N) is 1. The molecular weight excluding hydrogens is 411 g/mol. The van der Waals surface area contributed by atoms with Gasteiger partial charge in [0.05, 0.1) is 21.2 Å². The first-order valence-electron chi connectivity index (χ1n) is 8.34. The van der Waals surface area contributed by atoms with Crippen molar-refractivity contribution >= 4 is 57.4 Å². The van der Waals surface area contributed by atoms with Crippen molar-refractivity contribution in [2.24, 2.45) is 0 Å². The first-order chi connectivity index (χ1) is 12.8. The van der Waals surface area contributed by atoms with E-state index in [4.69, 9.17) is 23.2 Å². The highest BCUT2D eigenvalue weighted by Gasteiger charge is 2.37. The summed E-state index contributed by atoms with van der Waals surface area (Å²) >= 11 is 13.1. The van der Waals surface area contributed by atoms with Crippen LogP contribution < -0.4 is 5.32 Å². The molecule has 0 saturated carbocycles. The predicted molar refractivity (Wildman–Crippen MR) is 104 cm³/mol. The molecule has 27 heavy (non-hydrogen) atoms. The average Bonchev–Trinajstić information content (AvgIpc) is 3.17. The third-order valence-electron chi connectivity index (χ3n) is 4.34. The quantitative estimate of drug-likeness (QED) is 0.704. The second-order valence-corrected chi connectivity index (χ2v) is 7.84. The third kappa shape index (κ3) is 3.83. The Morgan fingerprint density at radius 2 is 1.67 bits per heavy atom. The van der Waals surface area contributed by atoms with E-state index in [1.807, 2.05) is 0 Å². The molecule has 2 heterocycles. The van der Waals surface area contributed by atoms with Gasteiger partial charge in [-0.2, -0.15) is 0 Å². The molecule has 3 amide bonds. The number of benzene rings is 1. The Kier molecular flexibility index (Phi) is 5.78. The van der Waals surface area contributed by atoms with Gasteiger partial charge in [-0.1, -0.05) is 48.4 Å². The number of amides is 3. The Hall–Kier alpha value is -2.03. The van der Waals surface area contributed by atoms with Crippen LogP contribution in [0.15, 0.2) is 12.1 Å². The average molecular weight is 427 g/mol. The lowest BCUT2D eigenvalue weighted by atomic mass is 10.1. The lowest BCUT2D eigenvalue weighted by Crippen LogP contribution is -2.37. The second kappa shape index (κ2) is 7.92. The molecule has 1 aromatic carbocycles. The fourth-order valence-corrected chi connectivity index (χ4v) is 4.17. The summed E-state index contributed by atoms with van der Waals surface area (Å²) in [6, 6.07) is 2.67. The van der Waals surface area contributed by atoms with Crippen molar-refractivity contribution in [1.82, 2.24) is 15.1 Å². The lowest BCUT2D eigenvalue weighted by Gasteiger charge is -2.12. The molecule has 0 atom stereocenters. The van der Waals surface area contributed by atoms with Gasteiger partial charge >= 0.3 is 0 Å². The highest BCUT2D eigenvalue weighted by Crippen LogP contribution is 2.32. The van der Waals surface area contributed by atoms with Crippen molar-refractivity contribution < 1.29 is 14.4 Å². The van der Waals surface area contributed by atoms with Crippen LogP contribution in [-0.4, -0.2) is 39.4 Å². The van der Waals surface area contributed by atoms with Crippen molar-refractivity contribution in [3.05, 3.63) is 38.3 Å². The monoisotopic (exact) mass is 426 g/mol. The van der Waals surface area contributed by atoms with Crippen molar-refractivity contribution in [3.8, 4) is 0 Å². The molecular formula is C17H16Cl2N4O3S. The van der Waals surface area contributed by atoms with E-state index in [0.717, 1.165) is 22.7 Å². The lowest BCUT2D eigenvalue weighted by molar-refractivity contribution is -0.116. The molecule has 2 aromatic rings. The summed E-state index contributed by atoms with van der Waals surface area (Å²) in [6.07, 6.45) is 1.86. The number of hydrogen-bond donors (Lipinski definition) is 1. The number of halogens is 2. The van der Waals surface area contributed by atoms with E-state index >= 15 is 0 Å². The Morgan fingerprint density at radius 3 is 2.19 bits per heavy atom. The van der Waals surface area contributed by atoms with Gasteiger partial charge in [0.1, 0.15) is 11.6 Å². The number of aromatic nitrogens is 2. The number of fused-ring (bicyclic) bond motifs is 1. The molecule has 0 radical (unpaired) electrons. The number of hydrogen-bond acceptors (Lipinski definition) is 6. The summed E-state index contributed by atoms with van der Waals surface area (Å²) in [7, 11) is 0. The van der Waals surface area contributed by atoms with Crippen LogP contribution in [0.4, 0.5) is 5.13 Å². The van der Waals surface area contributed by atoms with Gasteiger partial charge in [0.15, 0.2) is 0 Å². The van der Waals surface area contributed by atoms with Gasteiger partial charge in [-0.25, -0.2) is 0 Å². The molecule has 0 unspecified atom stereocenters. The summed E-state index contributed by atoms with van der Waals surface area (Å²) < 4.78 is 0. The van der Waals surface area contributed by atoms with Crippen LogP contribution in [0.2, 0.25) is 10.0 Å². The maximum atomic E-state index is 12.4. The second-order valence-electron chi connectivity index (χ2n) is 6.02. The molecule has 10 heteroatoms. The predicted octanol–water partition coefficient (Wildman–Crippen LogP) is 3.98. The fourth-order valence-electron chi connectivity index (χ4n) is 2.82. The zero-order valence-corrected chi connectivity index (χ0v) is 16.9. The van der Waals surface area contributed by atoms with Crippen molar-refractivity contribution in [3.63, 3.8) is 0 Å². The Morgan fingerprint density at radius 1 is 1.11 bits per heavy atom. The first kappa shape index (κ1) is 19.7. The first-order valence-corrected chi connectivity index (χ1v) is 9.91. The Balaban J connectivity index is 1.70. The standard InChI is InChI=1S/C17H16Cl2N4O3S/c1-3-8(4-2)14-21-22-17(27-14)20-13(24)7-23-15(25)9-5-11(18)12(19)6-10(9)16(23)26/h5-6,8H,3-4,7H2,1-2H3,(H,20,22,24). The van der Waals surface area contributed by atoms with Crippen molar-refractivity contribution in [2.45, 2.75) is 32.6 Å². The number of anilines is 1. The Bertz CT molecular complexity index is 886. The molecule has 0 bridgehead atoms. The largest absolute Gasteiger partial charge is 0.299 e. The number of carbonyl (C=O) groups excluding carboxylic acids is 3. The Labute approximate surface area is 169 Å². The molecule has 1 aromatic heterocycles. The van der Waals surface area contributed by atoms with Gasteiger partial charge < -0.3 is 0 Å². The minimum absolute atomic E-state index is 0.133. The van der Waals surface area contributed by atoms with Crippen LogP contribution in [-0.2, 0) is 4.79 Å². The highest BCUT2D eigenvalue weighted by molar-refractivity contribution is 7.15. The summed E-state index contributed by atoms with van der Waals surface area (Å²) in [5.41, 5.74) is 0.267. The number of nitrogens with zero attached hydrogens (tertiary/aromatic N) is 3. The topological polar surface area (TPSA) is 92.3 Å². The van der Waals surface area contributed by atoms with E-state index in [0.29, 0.717) is 11.0 Å². The maximum Gasteiger partial charge on any atom is 0.262 e. The van der Waals surface area contributed by atoms with Gasteiger partial charge in [-0.3, -0.25) is 24.6 Å². The maximum absolute atomic E-state index is 12.4. The van der Waals surface area contributed by atoms with Crippen LogP contribution in [0.1, 0.15) is 58.3 Å². The molecule has 1 aliphatic heterocycles. The van der Waals surface area contributed by atoms with Gasteiger partial charge in [-0.05, 0) is 25.0 Å². The molecule has 1 aliphatic rings. The van der Waals surface area contributed by atoms with E-state index < -0.39 is 24.3 Å². The normalized spacial score (nSPS) is 13.4. The van der Waals surface area contributed by atoms with Crippen molar-refractivity contribution in [1.29, 1.82) is 0 Å². The molecule has 7 nitrogen and oxygen atoms in total. The molecule has 142 valence electrons. The van der Waals surface area contributed by atoms with Gasteiger partial charge in [0.25, 0.3) is 11.8 Å².